The van der Waals surface area contributed by atoms with Gasteiger partial charge < -0.3 is 16.2 Å². The molecule has 0 aromatic heterocycles. The van der Waals surface area contributed by atoms with Gasteiger partial charge in [-0.3, -0.25) is 24.1 Å². The van der Waals surface area contributed by atoms with Crippen LogP contribution in [0.25, 0.3) is 0 Å². The molecule has 5 amide bonds. The molecule has 156 valence electrons. The highest BCUT2D eigenvalue weighted by Crippen LogP contribution is 2.16. The Morgan fingerprint density at radius 3 is 2.14 bits per heavy atom. The third kappa shape index (κ3) is 6.87. The zero-order valence-electron chi connectivity index (χ0n) is 15.6. The van der Waals surface area contributed by atoms with Crippen LogP contribution >= 0.6 is 12.4 Å². The van der Waals surface area contributed by atoms with Crippen LogP contribution in [-0.4, -0.2) is 65.8 Å². The molecule has 0 unspecified atom stereocenters. The third-order valence-corrected chi connectivity index (χ3v) is 3.57. The second kappa shape index (κ2) is 12.8. The van der Waals surface area contributed by atoms with Crippen molar-refractivity contribution in [1.29, 1.82) is 0 Å². The van der Waals surface area contributed by atoms with Crippen LogP contribution in [0.2, 0.25) is 0 Å². The minimum absolute atomic E-state index is 0. The molecule has 4 N–H and O–H groups in total. The Hall–Kier alpha value is -2.56. The summed E-state index contributed by atoms with van der Waals surface area (Å²) >= 11 is 0. The molecule has 2 aliphatic rings. The van der Waals surface area contributed by atoms with Gasteiger partial charge in [0.15, 0.2) is 0 Å². The smallest absolute Gasteiger partial charge is 0.424 e. The van der Waals surface area contributed by atoms with E-state index in [1.807, 2.05) is 6.92 Å². The quantitative estimate of drug-likeness (QED) is 0.429. The molecular weight excluding hydrogens is 392 g/mol. The van der Waals surface area contributed by atoms with E-state index in [-0.39, 0.29) is 49.4 Å². The van der Waals surface area contributed by atoms with Crippen LogP contribution in [0.15, 0.2) is 23.8 Å². The van der Waals surface area contributed by atoms with Gasteiger partial charge in [0.1, 0.15) is 0 Å². The van der Waals surface area contributed by atoms with Crippen LogP contribution in [-0.2, 0) is 23.9 Å². The summed E-state index contributed by atoms with van der Waals surface area (Å²) in [5, 5.41) is 0. The van der Waals surface area contributed by atoms with E-state index in [0.29, 0.717) is 24.4 Å². The Morgan fingerprint density at radius 2 is 1.64 bits per heavy atom. The molecule has 0 fully saturated rings. The number of nitrogens with zero attached hydrogens (tertiary/aromatic N) is 2. The first-order valence-corrected chi connectivity index (χ1v) is 8.56. The number of nitrogens with two attached hydrogens (primary N) is 2. The lowest BCUT2D eigenvalue weighted by molar-refractivity contribution is -0.137. The molecular formula is C17H25ClN4O6. The molecule has 2 rings (SSSR count). The number of hydrogen-bond acceptors (Lipinski definition) is 8. The fraction of sp³-hybridized carbons (Fsp3) is 0.471. The number of unbranched alkanes of at least 4 members (excludes halogenated alkanes) is 1. The van der Waals surface area contributed by atoms with Crippen LogP contribution in [0.4, 0.5) is 4.79 Å². The number of ether oxygens (including phenoxy) is 1. The standard InChI is InChI=1S/C11H16N2O4.C6H8N2O2.ClH/c1-2-3-6-17-11(16)13-9(14)7-8(4-5-12)10(13)15;7-3-4-8-5(9)1-2-6(8)10;/h7H,2-6,12H2,1H3;1-2H,3-4,7H2;1H. The van der Waals surface area contributed by atoms with Gasteiger partial charge in [0.2, 0.25) is 0 Å². The molecule has 0 aliphatic carbocycles. The van der Waals surface area contributed by atoms with Crippen molar-refractivity contribution in [3.63, 3.8) is 0 Å². The van der Waals surface area contributed by atoms with Crippen molar-refractivity contribution in [2.75, 3.05) is 26.2 Å². The van der Waals surface area contributed by atoms with E-state index in [4.69, 9.17) is 16.2 Å². The second-order valence-corrected chi connectivity index (χ2v) is 5.61. The summed E-state index contributed by atoms with van der Waals surface area (Å²) in [7, 11) is 0. The molecule has 28 heavy (non-hydrogen) atoms. The van der Waals surface area contributed by atoms with Gasteiger partial charge in [-0.15, -0.1) is 12.4 Å². The number of carbonyl (C=O) groups is 5. The third-order valence-electron chi connectivity index (χ3n) is 3.57. The summed E-state index contributed by atoms with van der Waals surface area (Å²) < 4.78 is 4.81. The van der Waals surface area contributed by atoms with Crippen molar-refractivity contribution >= 4 is 42.1 Å². The van der Waals surface area contributed by atoms with Crippen molar-refractivity contribution in [2.24, 2.45) is 11.5 Å². The van der Waals surface area contributed by atoms with Gasteiger partial charge in [0.25, 0.3) is 23.6 Å². The van der Waals surface area contributed by atoms with E-state index in [1.165, 1.54) is 12.2 Å². The fourth-order valence-corrected chi connectivity index (χ4v) is 2.18. The highest BCUT2D eigenvalue weighted by Gasteiger charge is 2.36. The first-order chi connectivity index (χ1) is 12.9. The maximum Gasteiger partial charge on any atom is 0.424 e. The number of halogens is 1. The topological polar surface area (TPSA) is 153 Å². The molecule has 0 saturated heterocycles. The lowest BCUT2D eigenvalue weighted by Gasteiger charge is -2.12. The zero-order chi connectivity index (χ0) is 20.4. The van der Waals surface area contributed by atoms with Crippen molar-refractivity contribution in [1.82, 2.24) is 9.80 Å². The number of imide groups is 4. The molecule has 11 heteroatoms. The summed E-state index contributed by atoms with van der Waals surface area (Å²) in [6.07, 6.45) is 4.57. The number of hydrogen-bond donors (Lipinski definition) is 2. The van der Waals surface area contributed by atoms with Crippen molar-refractivity contribution < 1.29 is 28.7 Å². The van der Waals surface area contributed by atoms with Crippen LogP contribution in [0.1, 0.15) is 26.2 Å². The van der Waals surface area contributed by atoms with E-state index in [1.54, 1.807) is 0 Å². The maximum absolute atomic E-state index is 11.7. The van der Waals surface area contributed by atoms with E-state index in [0.717, 1.165) is 17.4 Å². The minimum atomic E-state index is -0.906. The predicted octanol–water partition coefficient (Wildman–Crippen LogP) is -0.141. The van der Waals surface area contributed by atoms with Gasteiger partial charge in [-0.25, -0.2) is 4.79 Å². The summed E-state index contributed by atoms with van der Waals surface area (Å²) in [6, 6.07) is 0. The normalized spacial score (nSPS) is 15.3. The van der Waals surface area contributed by atoms with Crippen molar-refractivity contribution in [2.45, 2.75) is 26.2 Å². The van der Waals surface area contributed by atoms with E-state index in [2.05, 4.69) is 0 Å². The molecule has 0 spiro atoms. The molecule has 0 bridgehead atoms. The maximum atomic E-state index is 11.7. The highest BCUT2D eigenvalue weighted by molar-refractivity contribution is 6.23. The summed E-state index contributed by atoms with van der Waals surface area (Å²) in [6.45, 7) is 3.03. The van der Waals surface area contributed by atoms with Crippen molar-refractivity contribution in [3.05, 3.63) is 23.8 Å². The lowest BCUT2D eigenvalue weighted by atomic mass is 10.2. The van der Waals surface area contributed by atoms with Crippen LogP contribution in [0.3, 0.4) is 0 Å². The Balaban J connectivity index is 0.000000567. The van der Waals surface area contributed by atoms with E-state index >= 15 is 0 Å². The zero-order valence-corrected chi connectivity index (χ0v) is 16.4. The molecule has 0 saturated carbocycles. The molecule has 10 nitrogen and oxygen atoms in total. The Kier molecular flexibility index (Phi) is 11.6. The average Bonchev–Trinajstić information content (AvgIpc) is 3.09. The first-order valence-electron chi connectivity index (χ1n) is 8.56. The summed E-state index contributed by atoms with van der Waals surface area (Å²) in [5.74, 6) is -1.81. The van der Waals surface area contributed by atoms with Gasteiger partial charge >= 0.3 is 6.09 Å². The minimum Gasteiger partial charge on any atom is -0.449 e. The van der Waals surface area contributed by atoms with Gasteiger partial charge in [0.05, 0.1) is 6.61 Å². The molecule has 2 heterocycles. The molecule has 2 aliphatic heterocycles. The Bertz CT molecular complexity index is 659. The van der Waals surface area contributed by atoms with Gasteiger partial charge in [-0.05, 0) is 19.4 Å². The predicted molar refractivity (Wildman–Crippen MR) is 102 cm³/mol. The monoisotopic (exact) mass is 416 g/mol. The van der Waals surface area contributed by atoms with E-state index in [9.17, 15) is 24.0 Å². The van der Waals surface area contributed by atoms with Crippen molar-refractivity contribution in [3.8, 4) is 0 Å². The SMILES string of the molecule is CCCCOC(=O)N1C(=O)C=C(CCN)C1=O.Cl.NCCN1C(=O)C=CC1=O. The lowest BCUT2D eigenvalue weighted by Crippen LogP contribution is -2.37. The fourth-order valence-electron chi connectivity index (χ4n) is 2.18. The number of carbonyl (C=O) groups excluding carboxylic acids is 5. The van der Waals surface area contributed by atoms with Gasteiger partial charge in [-0.2, -0.15) is 4.90 Å². The second-order valence-electron chi connectivity index (χ2n) is 5.61. The molecule has 0 aromatic rings. The van der Waals surface area contributed by atoms with Gasteiger partial charge in [0, 0.05) is 36.9 Å². The summed E-state index contributed by atoms with van der Waals surface area (Å²) in [5.41, 5.74) is 10.7. The van der Waals surface area contributed by atoms with Crippen LogP contribution in [0, 0.1) is 0 Å². The molecule has 0 aromatic carbocycles. The number of amides is 5. The first kappa shape index (κ1) is 25.4. The molecule has 0 atom stereocenters. The van der Waals surface area contributed by atoms with Crippen LogP contribution in [0.5, 0.6) is 0 Å². The van der Waals surface area contributed by atoms with Crippen LogP contribution < -0.4 is 11.5 Å². The average molecular weight is 417 g/mol. The highest BCUT2D eigenvalue weighted by atomic mass is 35.5. The number of rotatable bonds is 7. The Morgan fingerprint density at radius 1 is 1.04 bits per heavy atom. The molecule has 0 radical (unpaired) electrons. The summed E-state index contributed by atoms with van der Waals surface area (Å²) in [4.78, 5) is 57.7. The van der Waals surface area contributed by atoms with E-state index < -0.39 is 17.9 Å². The largest absolute Gasteiger partial charge is 0.449 e. The Labute approximate surface area is 168 Å². The van der Waals surface area contributed by atoms with Gasteiger partial charge in [-0.1, -0.05) is 13.3 Å².